The van der Waals surface area contributed by atoms with Gasteiger partial charge in [-0.25, -0.2) is 8.78 Å². The van der Waals surface area contributed by atoms with Gasteiger partial charge in [0.25, 0.3) is 0 Å². The van der Waals surface area contributed by atoms with E-state index < -0.39 is 0 Å². The molecule has 23 heavy (non-hydrogen) atoms. The number of rotatable bonds is 4. The standard InChI is InChI=1S/C20H23F2P/c21-18-12-15(7-6-14-4-2-1-3-5-14)8-10-17(18)16-9-11-20(23)19(22)13-16/h8-14H,1-7,23H2. The van der Waals surface area contributed by atoms with Gasteiger partial charge in [0.15, 0.2) is 0 Å². The first kappa shape index (κ1) is 16.6. The summed E-state index contributed by atoms with van der Waals surface area (Å²) in [5.41, 5.74) is 2.10. The minimum absolute atomic E-state index is 0.262. The summed E-state index contributed by atoms with van der Waals surface area (Å²) in [6.45, 7) is 0. The first-order valence-electron chi connectivity index (χ1n) is 8.47. The second-order valence-electron chi connectivity index (χ2n) is 6.59. The van der Waals surface area contributed by atoms with Crippen LogP contribution in [0.25, 0.3) is 11.1 Å². The van der Waals surface area contributed by atoms with Gasteiger partial charge in [0.1, 0.15) is 11.6 Å². The molecule has 1 atom stereocenters. The van der Waals surface area contributed by atoms with Gasteiger partial charge in [0.2, 0.25) is 0 Å². The monoisotopic (exact) mass is 332 g/mol. The van der Waals surface area contributed by atoms with Crippen molar-refractivity contribution < 1.29 is 8.78 Å². The zero-order valence-electron chi connectivity index (χ0n) is 13.3. The van der Waals surface area contributed by atoms with Crippen molar-refractivity contribution in [3.05, 3.63) is 53.6 Å². The minimum Gasteiger partial charge on any atom is -0.206 e. The molecule has 0 saturated heterocycles. The minimum atomic E-state index is -0.326. The Bertz CT molecular complexity index is 675. The molecule has 3 rings (SSSR count). The number of hydrogen-bond donors (Lipinski definition) is 0. The molecule has 0 nitrogen and oxygen atoms in total. The average Bonchev–Trinajstić information content (AvgIpc) is 2.57. The topological polar surface area (TPSA) is 0 Å². The summed E-state index contributed by atoms with van der Waals surface area (Å²) in [7, 11) is 2.34. The van der Waals surface area contributed by atoms with Gasteiger partial charge in [-0.3, -0.25) is 0 Å². The van der Waals surface area contributed by atoms with E-state index >= 15 is 0 Å². The van der Waals surface area contributed by atoms with E-state index in [1.165, 1.54) is 38.2 Å². The van der Waals surface area contributed by atoms with Crippen LogP contribution in [-0.4, -0.2) is 0 Å². The predicted molar refractivity (Wildman–Crippen MR) is 96.0 cm³/mol. The number of hydrogen-bond acceptors (Lipinski definition) is 0. The molecule has 0 spiro atoms. The normalized spacial score (nSPS) is 15.8. The lowest BCUT2D eigenvalue weighted by Gasteiger charge is -2.21. The number of benzene rings is 2. The molecule has 0 radical (unpaired) electrons. The molecule has 1 unspecified atom stereocenters. The highest BCUT2D eigenvalue weighted by atomic mass is 31.0. The zero-order valence-corrected chi connectivity index (χ0v) is 14.5. The highest BCUT2D eigenvalue weighted by Crippen LogP contribution is 2.29. The third-order valence-corrected chi connectivity index (χ3v) is 5.38. The van der Waals surface area contributed by atoms with Gasteiger partial charge in [-0.2, -0.15) is 0 Å². The Morgan fingerprint density at radius 1 is 0.913 bits per heavy atom. The van der Waals surface area contributed by atoms with Crippen molar-refractivity contribution in [1.82, 2.24) is 0 Å². The largest absolute Gasteiger partial charge is 0.206 e. The van der Waals surface area contributed by atoms with Gasteiger partial charge < -0.3 is 0 Å². The number of aryl methyl sites for hydroxylation is 1. The van der Waals surface area contributed by atoms with Crippen LogP contribution in [0.5, 0.6) is 0 Å². The Balaban J connectivity index is 1.71. The predicted octanol–water partition coefficient (Wildman–Crippen LogP) is 5.65. The summed E-state index contributed by atoms with van der Waals surface area (Å²) in [6.07, 6.45) is 8.77. The Morgan fingerprint density at radius 3 is 2.39 bits per heavy atom. The fourth-order valence-corrected chi connectivity index (χ4v) is 3.67. The van der Waals surface area contributed by atoms with Crippen molar-refractivity contribution in [3.63, 3.8) is 0 Å². The zero-order chi connectivity index (χ0) is 16.2. The molecule has 0 N–H and O–H groups in total. The lowest BCUT2D eigenvalue weighted by atomic mass is 9.85. The summed E-state index contributed by atoms with van der Waals surface area (Å²) < 4.78 is 28.1. The Hall–Kier alpha value is -1.27. The van der Waals surface area contributed by atoms with Crippen LogP contribution in [-0.2, 0) is 6.42 Å². The quantitative estimate of drug-likeness (QED) is 0.635. The van der Waals surface area contributed by atoms with Crippen LogP contribution in [0.2, 0.25) is 0 Å². The molecule has 0 aliphatic heterocycles. The van der Waals surface area contributed by atoms with E-state index in [0.29, 0.717) is 16.4 Å². The van der Waals surface area contributed by atoms with Crippen molar-refractivity contribution in [1.29, 1.82) is 0 Å². The summed E-state index contributed by atoms with van der Waals surface area (Å²) in [5, 5.41) is 0.498. The highest BCUT2D eigenvalue weighted by molar-refractivity contribution is 7.27. The van der Waals surface area contributed by atoms with Crippen molar-refractivity contribution in [3.8, 4) is 11.1 Å². The summed E-state index contributed by atoms with van der Waals surface area (Å²) >= 11 is 0. The van der Waals surface area contributed by atoms with E-state index in [0.717, 1.165) is 24.3 Å². The fraction of sp³-hybridized carbons (Fsp3) is 0.400. The van der Waals surface area contributed by atoms with Crippen LogP contribution in [0, 0.1) is 17.6 Å². The number of halogens is 2. The van der Waals surface area contributed by atoms with Crippen molar-refractivity contribution in [2.24, 2.45) is 5.92 Å². The molecule has 0 bridgehead atoms. The lowest BCUT2D eigenvalue weighted by molar-refractivity contribution is 0.339. The van der Waals surface area contributed by atoms with E-state index in [1.54, 1.807) is 24.3 Å². The molecule has 1 saturated carbocycles. The van der Waals surface area contributed by atoms with Crippen LogP contribution in [0.4, 0.5) is 8.78 Å². The van der Waals surface area contributed by atoms with E-state index in [4.69, 9.17) is 0 Å². The van der Waals surface area contributed by atoms with E-state index in [9.17, 15) is 8.78 Å². The molecule has 122 valence electrons. The van der Waals surface area contributed by atoms with Gasteiger partial charge in [-0.1, -0.05) is 56.4 Å². The van der Waals surface area contributed by atoms with Crippen molar-refractivity contribution in [2.45, 2.75) is 44.9 Å². The summed E-state index contributed by atoms with van der Waals surface area (Å²) in [4.78, 5) is 0. The van der Waals surface area contributed by atoms with Gasteiger partial charge >= 0.3 is 0 Å². The Morgan fingerprint density at radius 2 is 1.70 bits per heavy atom. The Kier molecular flexibility index (Phi) is 5.43. The molecule has 1 aliphatic rings. The van der Waals surface area contributed by atoms with Crippen LogP contribution in [0.3, 0.4) is 0 Å². The molecular weight excluding hydrogens is 309 g/mol. The van der Waals surface area contributed by atoms with Crippen molar-refractivity contribution in [2.75, 3.05) is 0 Å². The SMILES string of the molecule is Fc1cc(-c2ccc(CCC3CCCCC3)cc2F)ccc1P. The molecule has 2 aromatic rings. The fourth-order valence-electron chi connectivity index (χ4n) is 3.49. The van der Waals surface area contributed by atoms with E-state index in [-0.39, 0.29) is 11.6 Å². The smallest absolute Gasteiger partial charge is 0.131 e. The maximum atomic E-state index is 14.4. The van der Waals surface area contributed by atoms with Gasteiger partial charge in [-0.15, -0.1) is 9.24 Å². The third-order valence-electron chi connectivity index (χ3n) is 4.91. The van der Waals surface area contributed by atoms with E-state index in [1.807, 2.05) is 6.07 Å². The molecule has 1 aliphatic carbocycles. The molecular formula is C20H23F2P. The maximum Gasteiger partial charge on any atom is 0.131 e. The molecule has 1 fully saturated rings. The average molecular weight is 332 g/mol. The Labute approximate surface area is 139 Å². The molecule has 0 aromatic heterocycles. The summed E-state index contributed by atoms with van der Waals surface area (Å²) in [6, 6.07) is 10.2. The second kappa shape index (κ2) is 7.53. The van der Waals surface area contributed by atoms with Crippen LogP contribution in [0.1, 0.15) is 44.1 Å². The second-order valence-corrected chi connectivity index (χ2v) is 7.22. The van der Waals surface area contributed by atoms with Crippen LogP contribution in [0.15, 0.2) is 36.4 Å². The summed E-state index contributed by atoms with van der Waals surface area (Å²) in [5.74, 6) is 0.213. The first-order chi connectivity index (χ1) is 11.1. The maximum absolute atomic E-state index is 14.4. The first-order valence-corrected chi connectivity index (χ1v) is 9.05. The molecule has 3 heteroatoms. The lowest BCUT2D eigenvalue weighted by Crippen LogP contribution is -2.07. The molecule has 0 amide bonds. The molecule has 2 aromatic carbocycles. The third kappa shape index (κ3) is 4.18. The van der Waals surface area contributed by atoms with Gasteiger partial charge in [0, 0.05) is 10.9 Å². The van der Waals surface area contributed by atoms with Crippen LogP contribution < -0.4 is 5.30 Å². The van der Waals surface area contributed by atoms with Crippen molar-refractivity contribution >= 4 is 14.5 Å². The van der Waals surface area contributed by atoms with E-state index in [2.05, 4.69) is 9.24 Å². The van der Waals surface area contributed by atoms with Crippen LogP contribution >= 0.6 is 9.24 Å². The van der Waals surface area contributed by atoms with Gasteiger partial charge in [0.05, 0.1) is 0 Å². The highest BCUT2D eigenvalue weighted by Gasteiger charge is 2.14. The molecule has 0 heterocycles. The van der Waals surface area contributed by atoms with Gasteiger partial charge in [-0.05, 0) is 42.0 Å².